The first-order valence-electron chi connectivity index (χ1n) is 12.1. The average Bonchev–Trinajstić information content (AvgIpc) is 3.41. The van der Waals surface area contributed by atoms with Crippen LogP contribution < -0.4 is 10.2 Å². The first kappa shape index (κ1) is 25.4. The van der Waals surface area contributed by atoms with Gasteiger partial charge in [0.25, 0.3) is 5.91 Å². The number of carbonyl (C=O) groups excluding carboxylic acids is 2. The fraction of sp³-hybridized carbons (Fsp3) is 0.222. The number of amides is 2. The second-order valence-corrected chi connectivity index (χ2v) is 9.77. The summed E-state index contributed by atoms with van der Waals surface area (Å²) in [4.78, 5) is 29.2. The Morgan fingerprint density at radius 3 is 2.37 bits per heavy atom. The van der Waals surface area contributed by atoms with Crippen LogP contribution in [0.1, 0.15) is 15.9 Å². The fourth-order valence-electron chi connectivity index (χ4n) is 4.25. The Morgan fingerprint density at radius 2 is 1.66 bits per heavy atom. The summed E-state index contributed by atoms with van der Waals surface area (Å²) in [6.07, 6.45) is 0. The summed E-state index contributed by atoms with van der Waals surface area (Å²) in [6, 6.07) is 21.1. The van der Waals surface area contributed by atoms with E-state index in [1.165, 1.54) is 36.0 Å². The Hall–Kier alpha value is -4.25. The second-order valence-electron chi connectivity index (χ2n) is 8.83. The highest BCUT2D eigenvalue weighted by Crippen LogP contribution is 2.23. The van der Waals surface area contributed by atoms with Crippen molar-refractivity contribution in [1.82, 2.24) is 25.1 Å². The summed E-state index contributed by atoms with van der Waals surface area (Å²) in [5.74, 6) is -0.439. The van der Waals surface area contributed by atoms with Crippen molar-refractivity contribution >= 4 is 35.0 Å². The first-order valence-corrected chi connectivity index (χ1v) is 13.1. The smallest absolute Gasteiger partial charge is 0.253 e. The van der Waals surface area contributed by atoms with Gasteiger partial charge < -0.3 is 15.1 Å². The number of para-hydroxylation sites is 1. The number of piperazine rings is 1. The molecule has 1 saturated heterocycles. The molecule has 1 aliphatic rings. The third-order valence-corrected chi connectivity index (χ3v) is 7.21. The van der Waals surface area contributed by atoms with Gasteiger partial charge in [0.1, 0.15) is 5.82 Å². The van der Waals surface area contributed by atoms with Gasteiger partial charge in [0.2, 0.25) is 11.1 Å². The van der Waals surface area contributed by atoms with E-state index in [1.54, 1.807) is 9.58 Å². The SMILES string of the molecule is Cc1ccccc1-n1nnnc1SCC(=O)Nc1ccc(N2CCN(C(=O)c3ccc(F)cc3)CC2)cc1. The van der Waals surface area contributed by atoms with Gasteiger partial charge in [0.05, 0.1) is 11.4 Å². The normalized spacial score (nSPS) is 13.4. The largest absolute Gasteiger partial charge is 0.368 e. The molecular formula is C27H26FN7O2S. The summed E-state index contributed by atoms with van der Waals surface area (Å²) < 4.78 is 14.8. The molecule has 0 spiro atoms. The molecule has 1 aliphatic heterocycles. The van der Waals surface area contributed by atoms with E-state index >= 15 is 0 Å². The zero-order valence-corrected chi connectivity index (χ0v) is 21.6. The van der Waals surface area contributed by atoms with E-state index in [1.807, 2.05) is 55.5 Å². The molecule has 0 aliphatic carbocycles. The number of nitrogens with one attached hydrogen (secondary N) is 1. The van der Waals surface area contributed by atoms with Crippen LogP contribution in [0, 0.1) is 12.7 Å². The molecule has 4 aromatic rings. The van der Waals surface area contributed by atoms with E-state index in [4.69, 9.17) is 0 Å². The molecule has 38 heavy (non-hydrogen) atoms. The van der Waals surface area contributed by atoms with Crippen LogP contribution >= 0.6 is 11.8 Å². The molecule has 2 amide bonds. The molecule has 9 nitrogen and oxygen atoms in total. The number of halogens is 1. The van der Waals surface area contributed by atoms with Gasteiger partial charge >= 0.3 is 0 Å². The van der Waals surface area contributed by atoms with Crippen LogP contribution in [0.3, 0.4) is 0 Å². The number of hydrogen-bond acceptors (Lipinski definition) is 7. The number of thioether (sulfide) groups is 1. The number of hydrogen-bond donors (Lipinski definition) is 1. The zero-order valence-electron chi connectivity index (χ0n) is 20.7. The molecule has 0 saturated carbocycles. The minimum Gasteiger partial charge on any atom is -0.368 e. The number of tetrazole rings is 1. The highest BCUT2D eigenvalue weighted by Gasteiger charge is 2.22. The predicted octanol–water partition coefficient (Wildman–Crippen LogP) is 3.80. The van der Waals surface area contributed by atoms with Crippen LogP contribution in [-0.4, -0.2) is 68.9 Å². The minimum atomic E-state index is -0.357. The molecule has 0 unspecified atom stereocenters. The molecule has 0 atom stereocenters. The molecule has 1 fully saturated rings. The Bertz CT molecular complexity index is 1420. The van der Waals surface area contributed by atoms with E-state index in [9.17, 15) is 14.0 Å². The van der Waals surface area contributed by atoms with Gasteiger partial charge in [-0.05, 0) is 77.5 Å². The number of aryl methyl sites for hydroxylation is 1. The molecule has 3 aromatic carbocycles. The predicted molar refractivity (Wildman–Crippen MR) is 144 cm³/mol. The summed E-state index contributed by atoms with van der Waals surface area (Å²) in [7, 11) is 0. The molecule has 0 radical (unpaired) electrons. The molecule has 11 heteroatoms. The minimum absolute atomic E-state index is 0.0893. The maximum atomic E-state index is 13.1. The van der Waals surface area contributed by atoms with Crippen molar-refractivity contribution in [3.8, 4) is 5.69 Å². The van der Waals surface area contributed by atoms with Crippen molar-refractivity contribution in [2.75, 3.05) is 42.1 Å². The van der Waals surface area contributed by atoms with E-state index < -0.39 is 0 Å². The van der Waals surface area contributed by atoms with Crippen molar-refractivity contribution in [3.63, 3.8) is 0 Å². The third kappa shape index (κ3) is 5.83. The van der Waals surface area contributed by atoms with E-state index in [-0.39, 0.29) is 23.4 Å². The Kier molecular flexibility index (Phi) is 7.64. The van der Waals surface area contributed by atoms with Crippen LogP contribution in [0.2, 0.25) is 0 Å². The van der Waals surface area contributed by atoms with Gasteiger partial charge in [-0.15, -0.1) is 5.10 Å². The van der Waals surface area contributed by atoms with Crippen molar-refractivity contribution < 1.29 is 14.0 Å². The Balaban J connectivity index is 1.11. The maximum absolute atomic E-state index is 13.1. The number of nitrogens with zero attached hydrogens (tertiary/aromatic N) is 6. The highest BCUT2D eigenvalue weighted by molar-refractivity contribution is 7.99. The van der Waals surface area contributed by atoms with E-state index in [0.29, 0.717) is 42.6 Å². The summed E-state index contributed by atoms with van der Waals surface area (Å²) in [6.45, 7) is 4.51. The standard InChI is InChI=1S/C27H26FN7O2S/c1-19-4-2-3-5-24(19)35-27(30-31-32-35)38-18-25(36)29-22-10-12-23(13-11-22)33-14-16-34(17-15-33)26(37)20-6-8-21(28)9-7-20/h2-13H,14-18H2,1H3,(H,29,36). The number of rotatable bonds is 7. The molecule has 1 N–H and O–H groups in total. The van der Waals surface area contributed by atoms with Crippen LogP contribution in [0.5, 0.6) is 0 Å². The van der Waals surface area contributed by atoms with Crippen LogP contribution in [0.25, 0.3) is 5.69 Å². The van der Waals surface area contributed by atoms with Gasteiger partial charge in [0, 0.05) is 43.1 Å². The fourth-order valence-corrected chi connectivity index (χ4v) is 4.93. The van der Waals surface area contributed by atoms with Crippen molar-refractivity contribution in [3.05, 3.63) is 89.7 Å². The summed E-state index contributed by atoms with van der Waals surface area (Å²) in [5.41, 5.74) is 4.11. The van der Waals surface area contributed by atoms with Crippen molar-refractivity contribution in [2.45, 2.75) is 12.1 Å². The molecule has 194 valence electrons. The molecular weight excluding hydrogens is 505 g/mol. The topological polar surface area (TPSA) is 96.2 Å². The molecule has 2 heterocycles. The summed E-state index contributed by atoms with van der Waals surface area (Å²) in [5, 5.41) is 15.3. The van der Waals surface area contributed by atoms with Gasteiger partial charge in [-0.1, -0.05) is 30.0 Å². The number of anilines is 2. The second kappa shape index (κ2) is 11.4. The molecule has 5 rings (SSSR count). The average molecular weight is 532 g/mol. The van der Waals surface area contributed by atoms with Crippen molar-refractivity contribution in [1.29, 1.82) is 0 Å². The van der Waals surface area contributed by atoms with Crippen LogP contribution in [-0.2, 0) is 4.79 Å². The zero-order chi connectivity index (χ0) is 26.5. The van der Waals surface area contributed by atoms with Crippen LogP contribution in [0.15, 0.2) is 78.0 Å². The lowest BCUT2D eigenvalue weighted by molar-refractivity contribution is -0.113. The maximum Gasteiger partial charge on any atom is 0.253 e. The van der Waals surface area contributed by atoms with E-state index in [2.05, 4.69) is 25.7 Å². The lowest BCUT2D eigenvalue weighted by atomic mass is 10.1. The highest BCUT2D eigenvalue weighted by atomic mass is 32.2. The number of carbonyl (C=O) groups is 2. The monoisotopic (exact) mass is 531 g/mol. The lowest BCUT2D eigenvalue weighted by Gasteiger charge is -2.36. The molecule has 1 aromatic heterocycles. The lowest BCUT2D eigenvalue weighted by Crippen LogP contribution is -2.48. The quantitative estimate of drug-likeness (QED) is 0.363. The number of benzene rings is 3. The van der Waals surface area contributed by atoms with Gasteiger partial charge in [-0.2, -0.15) is 4.68 Å². The number of aromatic nitrogens is 4. The van der Waals surface area contributed by atoms with E-state index in [0.717, 1.165) is 16.9 Å². The Labute approximate surface area is 223 Å². The Morgan fingerprint density at radius 1 is 0.947 bits per heavy atom. The molecule has 0 bridgehead atoms. The van der Waals surface area contributed by atoms with Crippen LogP contribution in [0.4, 0.5) is 15.8 Å². The third-order valence-electron chi connectivity index (χ3n) is 6.29. The first-order chi connectivity index (χ1) is 18.5. The van der Waals surface area contributed by atoms with Crippen molar-refractivity contribution in [2.24, 2.45) is 0 Å². The van der Waals surface area contributed by atoms with Gasteiger partial charge in [0.15, 0.2) is 0 Å². The summed E-state index contributed by atoms with van der Waals surface area (Å²) >= 11 is 1.27. The van der Waals surface area contributed by atoms with Gasteiger partial charge in [-0.3, -0.25) is 9.59 Å². The van der Waals surface area contributed by atoms with Gasteiger partial charge in [-0.25, -0.2) is 4.39 Å².